The van der Waals surface area contributed by atoms with Gasteiger partial charge in [0.05, 0.1) is 10.9 Å². The van der Waals surface area contributed by atoms with Gasteiger partial charge in [-0.05, 0) is 53.4 Å². The molecule has 2 aromatic rings. The van der Waals surface area contributed by atoms with Gasteiger partial charge in [0.15, 0.2) is 0 Å². The predicted octanol–water partition coefficient (Wildman–Crippen LogP) is 4.28. The Morgan fingerprint density at radius 3 is 2.45 bits per heavy atom. The number of aryl methyl sites for hydroxylation is 1. The molecule has 22 heavy (non-hydrogen) atoms. The van der Waals surface area contributed by atoms with Crippen LogP contribution in [0.2, 0.25) is 0 Å². The van der Waals surface area contributed by atoms with Crippen LogP contribution in [-0.2, 0) is 10.0 Å². The smallest absolute Gasteiger partial charge is 0.207 e. The largest absolute Gasteiger partial charge is 0.244 e. The minimum Gasteiger partial charge on any atom is -0.207 e. The van der Waals surface area contributed by atoms with Gasteiger partial charge in [0.1, 0.15) is 0 Å². The Kier molecular flexibility index (Phi) is 4.39. The fourth-order valence-electron chi connectivity index (χ4n) is 2.93. The number of halogens is 1. The minimum absolute atomic E-state index is 0.0716. The second-order valence-corrected chi connectivity index (χ2v) is 8.33. The molecule has 0 radical (unpaired) electrons. The number of benzene rings is 2. The van der Waals surface area contributed by atoms with E-state index in [1.165, 1.54) is 5.56 Å². The molecule has 1 fully saturated rings. The molecule has 1 heterocycles. The third-order valence-electron chi connectivity index (χ3n) is 4.09. The molecule has 1 aliphatic heterocycles. The van der Waals surface area contributed by atoms with E-state index < -0.39 is 10.0 Å². The molecule has 5 heteroatoms. The van der Waals surface area contributed by atoms with E-state index in [4.69, 9.17) is 0 Å². The van der Waals surface area contributed by atoms with Gasteiger partial charge in [0.2, 0.25) is 10.0 Å². The molecule has 0 unspecified atom stereocenters. The summed E-state index contributed by atoms with van der Waals surface area (Å²) in [6, 6.07) is 15.1. The SMILES string of the molecule is Cc1ccc([C@@H]2CCCN2S(=O)(=O)c2ccccc2Br)cc1. The number of nitrogens with zero attached hydrogens (tertiary/aromatic N) is 1. The van der Waals surface area contributed by atoms with Crippen molar-refractivity contribution in [1.82, 2.24) is 4.31 Å². The lowest BCUT2D eigenvalue weighted by Gasteiger charge is -2.25. The van der Waals surface area contributed by atoms with Gasteiger partial charge in [-0.25, -0.2) is 8.42 Å². The van der Waals surface area contributed by atoms with Crippen LogP contribution in [0.25, 0.3) is 0 Å². The molecule has 0 bridgehead atoms. The Bertz CT molecular complexity index is 772. The van der Waals surface area contributed by atoms with Crippen LogP contribution in [0.15, 0.2) is 57.9 Å². The molecular weight excluding hydrogens is 362 g/mol. The quantitative estimate of drug-likeness (QED) is 0.797. The molecule has 3 nitrogen and oxygen atoms in total. The van der Waals surface area contributed by atoms with Crippen LogP contribution in [0.1, 0.15) is 30.0 Å². The zero-order valence-electron chi connectivity index (χ0n) is 12.4. The summed E-state index contributed by atoms with van der Waals surface area (Å²) >= 11 is 3.36. The maximum Gasteiger partial charge on any atom is 0.244 e. The van der Waals surface area contributed by atoms with E-state index in [2.05, 4.69) is 15.9 Å². The van der Waals surface area contributed by atoms with E-state index in [0.717, 1.165) is 18.4 Å². The second-order valence-electron chi connectivity index (χ2n) is 5.61. The molecule has 0 spiro atoms. The van der Waals surface area contributed by atoms with Gasteiger partial charge in [0, 0.05) is 11.0 Å². The van der Waals surface area contributed by atoms with Crippen LogP contribution < -0.4 is 0 Å². The average Bonchev–Trinajstić information content (AvgIpc) is 2.98. The summed E-state index contributed by atoms with van der Waals surface area (Å²) in [5.41, 5.74) is 2.25. The monoisotopic (exact) mass is 379 g/mol. The molecule has 0 amide bonds. The van der Waals surface area contributed by atoms with Crippen molar-refractivity contribution < 1.29 is 8.42 Å². The lowest BCUT2D eigenvalue weighted by atomic mass is 10.0. The van der Waals surface area contributed by atoms with Crippen LogP contribution in [0.5, 0.6) is 0 Å². The maximum absolute atomic E-state index is 13.0. The van der Waals surface area contributed by atoms with Crippen molar-refractivity contribution in [3.63, 3.8) is 0 Å². The van der Waals surface area contributed by atoms with Crippen LogP contribution in [-0.4, -0.2) is 19.3 Å². The Balaban J connectivity index is 1.99. The van der Waals surface area contributed by atoms with Crippen molar-refractivity contribution in [3.05, 3.63) is 64.1 Å². The van der Waals surface area contributed by atoms with Crippen molar-refractivity contribution in [3.8, 4) is 0 Å². The lowest BCUT2D eigenvalue weighted by Crippen LogP contribution is -2.30. The average molecular weight is 380 g/mol. The van der Waals surface area contributed by atoms with E-state index >= 15 is 0 Å². The van der Waals surface area contributed by atoms with Gasteiger partial charge in [0.25, 0.3) is 0 Å². The molecule has 0 aliphatic carbocycles. The first-order chi connectivity index (χ1) is 10.5. The summed E-state index contributed by atoms with van der Waals surface area (Å²) < 4.78 is 28.3. The van der Waals surface area contributed by atoms with E-state index in [1.807, 2.05) is 37.3 Å². The number of sulfonamides is 1. The highest BCUT2D eigenvalue weighted by Crippen LogP contribution is 2.38. The number of hydrogen-bond donors (Lipinski definition) is 0. The van der Waals surface area contributed by atoms with Gasteiger partial charge < -0.3 is 0 Å². The maximum atomic E-state index is 13.0. The lowest BCUT2D eigenvalue weighted by molar-refractivity contribution is 0.396. The van der Waals surface area contributed by atoms with E-state index in [9.17, 15) is 8.42 Å². The molecule has 1 atom stereocenters. The molecule has 116 valence electrons. The summed E-state index contributed by atoms with van der Waals surface area (Å²) in [4.78, 5) is 0.342. The molecule has 0 N–H and O–H groups in total. The Morgan fingerprint density at radius 2 is 1.77 bits per heavy atom. The summed E-state index contributed by atoms with van der Waals surface area (Å²) in [6.07, 6.45) is 1.76. The van der Waals surface area contributed by atoms with Gasteiger partial charge in [-0.2, -0.15) is 4.31 Å². The van der Waals surface area contributed by atoms with Gasteiger partial charge in [-0.3, -0.25) is 0 Å². The second kappa shape index (κ2) is 6.14. The van der Waals surface area contributed by atoms with Crippen molar-refractivity contribution in [2.45, 2.75) is 30.7 Å². The van der Waals surface area contributed by atoms with E-state index in [1.54, 1.807) is 22.5 Å². The first kappa shape index (κ1) is 15.7. The minimum atomic E-state index is -3.49. The summed E-state index contributed by atoms with van der Waals surface area (Å²) in [7, 11) is -3.49. The van der Waals surface area contributed by atoms with Crippen molar-refractivity contribution in [2.75, 3.05) is 6.54 Å². The zero-order chi connectivity index (χ0) is 15.7. The van der Waals surface area contributed by atoms with Gasteiger partial charge in [-0.1, -0.05) is 42.0 Å². The first-order valence-corrected chi connectivity index (χ1v) is 9.56. The Labute approximate surface area is 140 Å². The summed E-state index contributed by atoms with van der Waals surface area (Å²) in [6.45, 7) is 2.61. The molecule has 2 aromatic carbocycles. The Hall–Kier alpha value is -1.17. The standard InChI is InChI=1S/C17H18BrNO2S/c1-13-8-10-14(11-9-13)16-6-4-12-19(16)22(20,21)17-7-3-2-5-15(17)18/h2-3,5,7-11,16H,4,6,12H2,1H3/t16-/m0/s1. The highest BCUT2D eigenvalue weighted by atomic mass is 79.9. The van der Waals surface area contributed by atoms with Crippen LogP contribution in [0.3, 0.4) is 0 Å². The molecule has 1 saturated heterocycles. The van der Waals surface area contributed by atoms with Crippen molar-refractivity contribution >= 4 is 26.0 Å². The molecule has 0 aromatic heterocycles. The van der Waals surface area contributed by atoms with E-state index in [0.29, 0.717) is 15.9 Å². The first-order valence-electron chi connectivity index (χ1n) is 7.33. The van der Waals surface area contributed by atoms with Crippen molar-refractivity contribution in [2.24, 2.45) is 0 Å². The third kappa shape index (κ3) is 2.85. The van der Waals surface area contributed by atoms with E-state index in [-0.39, 0.29) is 6.04 Å². The molecule has 0 saturated carbocycles. The molecule has 1 aliphatic rings. The predicted molar refractivity (Wildman–Crippen MR) is 91.2 cm³/mol. The summed E-state index contributed by atoms with van der Waals surface area (Å²) in [5, 5.41) is 0. The fourth-order valence-corrected chi connectivity index (χ4v) is 5.58. The summed E-state index contributed by atoms with van der Waals surface area (Å²) in [5.74, 6) is 0. The zero-order valence-corrected chi connectivity index (χ0v) is 14.8. The van der Waals surface area contributed by atoms with Crippen molar-refractivity contribution in [1.29, 1.82) is 0 Å². The fraction of sp³-hybridized carbons (Fsp3) is 0.294. The van der Waals surface area contributed by atoms with Crippen LogP contribution in [0.4, 0.5) is 0 Å². The van der Waals surface area contributed by atoms with Gasteiger partial charge >= 0.3 is 0 Å². The molecule has 3 rings (SSSR count). The van der Waals surface area contributed by atoms with Crippen LogP contribution in [0, 0.1) is 6.92 Å². The third-order valence-corrected chi connectivity index (χ3v) is 7.01. The number of hydrogen-bond acceptors (Lipinski definition) is 2. The van der Waals surface area contributed by atoms with Crippen LogP contribution >= 0.6 is 15.9 Å². The molecular formula is C17H18BrNO2S. The topological polar surface area (TPSA) is 37.4 Å². The van der Waals surface area contributed by atoms with Gasteiger partial charge in [-0.15, -0.1) is 0 Å². The number of rotatable bonds is 3. The highest BCUT2D eigenvalue weighted by Gasteiger charge is 2.36. The normalized spacial score (nSPS) is 19.5. The highest BCUT2D eigenvalue weighted by molar-refractivity contribution is 9.10. The Morgan fingerprint density at radius 1 is 1.09 bits per heavy atom.